The zero-order chi connectivity index (χ0) is 21.2. The molecule has 1 aliphatic rings. The van der Waals surface area contributed by atoms with Crippen LogP contribution >= 0.6 is 0 Å². The summed E-state index contributed by atoms with van der Waals surface area (Å²) < 4.78 is 26.6. The predicted octanol–water partition coefficient (Wildman–Crippen LogP) is 3.15. The van der Waals surface area contributed by atoms with E-state index in [4.69, 9.17) is 0 Å². The zero-order valence-corrected chi connectivity index (χ0v) is 16.9. The van der Waals surface area contributed by atoms with Gasteiger partial charge in [-0.05, 0) is 67.6 Å². The molecule has 0 saturated carbocycles. The summed E-state index contributed by atoms with van der Waals surface area (Å²) in [4.78, 5) is 10.7. The number of aromatic hydroxyl groups is 1. The van der Waals surface area contributed by atoms with Gasteiger partial charge in [-0.1, -0.05) is 0 Å². The smallest absolute Gasteiger partial charge is 0.295 e. The van der Waals surface area contributed by atoms with E-state index in [-0.39, 0.29) is 22.0 Å². The normalized spacial score (nSPS) is 15.1. The van der Waals surface area contributed by atoms with Gasteiger partial charge in [0, 0.05) is 19.2 Å². The van der Waals surface area contributed by atoms with Crippen molar-refractivity contribution in [3.8, 4) is 5.75 Å². The summed E-state index contributed by atoms with van der Waals surface area (Å²) in [6.07, 6.45) is 3.04. The fourth-order valence-electron chi connectivity index (χ4n) is 3.24. The van der Waals surface area contributed by atoms with Crippen LogP contribution in [0.15, 0.2) is 40.3 Å². The Hall–Kier alpha value is -2.98. The van der Waals surface area contributed by atoms with Gasteiger partial charge in [0.2, 0.25) is 10.0 Å². The summed E-state index contributed by atoms with van der Waals surface area (Å²) in [5.74, 6) is 0.209. The minimum atomic E-state index is -3.75. The average molecular weight is 418 g/mol. The van der Waals surface area contributed by atoms with Crippen LogP contribution in [-0.2, 0) is 10.0 Å². The molecule has 0 aromatic heterocycles. The minimum Gasteiger partial charge on any atom is -0.507 e. The van der Waals surface area contributed by atoms with Crippen LogP contribution < -0.4 is 5.43 Å². The SMILES string of the molecule is Cc1cc(/C=N/Nc2ccc(S(=O)(=O)N3CCCC3)cc2[N+](=O)[O-])cc(C)c1O. The molecule has 154 valence electrons. The largest absolute Gasteiger partial charge is 0.507 e. The van der Waals surface area contributed by atoms with Gasteiger partial charge in [-0.2, -0.15) is 9.41 Å². The van der Waals surface area contributed by atoms with Crippen LogP contribution in [0.5, 0.6) is 5.75 Å². The Morgan fingerprint density at radius 2 is 1.79 bits per heavy atom. The van der Waals surface area contributed by atoms with Crippen LogP contribution in [0.25, 0.3) is 0 Å². The number of rotatable bonds is 6. The van der Waals surface area contributed by atoms with Gasteiger partial charge in [0.15, 0.2) is 0 Å². The number of aryl methyl sites for hydroxylation is 2. The molecule has 0 atom stereocenters. The van der Waals surface area contributed by atoms with Crippen LogP contribution in [-0.4, -0.2) is 42.1 Å². The lowest BCUT2D eigenvalue weighted by molar-refractivity contribution is -0.384. The molecule has 3 rings (SSSR count). The van der Waals surface area contributed by atoms with Gasteiger partial charge in [0.1, 0.15) is 11.4 Å². The van der Waals surface area contributed by atoms with Gasteiger partial charge in [0.05, 0.1) is 16.0 Å². The molecule has 0 aliphatic carbocycles. The molecule has 0 spiro atoms. The number of benzene rings is 2. The third-order valence-corrected chi connectivity index (χ3v) is 6.68. The quantitative estimate of drug-likeness (QED) is 0.422. The van der Waals surface area contributed by atoms with Crippen molar-refractivity contribution in [2.24, 2.45) is 5.10 Å². The molecule has 10 heteroatoms. The first-order valence-corrected chi connectivity index (χ1v) is 10.5. The first-order valence-electron chi connectivity index (χ1n) is 9.08. The van der Waals surface area contributed by atoms with E-state index < -0.39 is 14.9 Å². The Labute approximate surface area is 168 Å². The van der Waals surface area contributed by atoms with E-state index in [0.717, 1.165) is 18.9 Å². The highest BCUT2D eigenvalue weighted by atomic mass is 32.2. The predicted molar refractivity (Wildman–Crippen MR) is 110 cm³/mol. The average Bonchev–Trinajstić information content (AvgIpc) is 3.21. The molecular formula is C19H22N4O5S. The summed E-state index contributed by atoms with van der Waals surface area (Å²) in [6.45, 7) is 4.37. The second-order valence-electron chi connectivity index (χ2n) is 6.92. The van der Waals surface area contributed by atoms with E-state index in [2.05, 4.69) is 10.5 Å². The highest BCUT2D eigenvalue weighted by molar-refractivity contribution is 7.89. The number of nitro groups is 1. The molecule has 1 aliphatic heterocycles. The molecule has 0 bridgehead atoms. The van der Waals surface area contributed by atoms with Crippen LogP contribution in [0.4, 0.5) is 11.4 Å². The van der Waals surface area contributed by atoms with Crippen LogP contribution in [0.3, 0.4) is 0 Å². The van der Waals surface area contributed by atoms with Crippen LogP contribution in [0.1, 0.15) is 29.5 Å². The Morgan fingerprint density at radius 1 is 1.17 bits per heavy atom. The van der Waals surface area contributed by atoms with Crippen molar-refractivity contribution in [3.63, 3.8) is 0 Å². The third kappa shape index (κ3) is 4.38. The number of hydrogen-bond acceptors (Lipinski definition) is 7. The summed E-state index contributed by atoms with van der Waals surface area (Å²) in [5.41, 5.74) is 4.40. The van der Waals surface area contributed by atoms with E-state index in [1.54, 1.807) is 26.0 Å². The summed E-state index contributed by atoms with van der Waals surface area (Å²) in [7, 11) is -3.75. The van der Waals surface area contributed by atoms with Crippen molar-refractivity contribution < 1.29 is 18.4 Å². The third-order valence-electron chi connectivity index (χ3n) is 4.78. The second kappa shape index (κ2) is 8.18. The molecular weight excluding hydrogens is 396 g/mol. The molecule has 0 radical (unpaired) electrons. The van der Waals surface area contributed by atoms with Crippen molar-refractivity contribution >= 4 is 27.6 Å². The number of hydrogen-bond donors (Lipinski definition) is 2. The van der Waals surface area contributed by atoms with Crippen molar-refractivity contribution in [1.29, 1.82) is 0 Å². The standard InChI is InChI=1S/C19H22N4O5S/c1-13-9-15(10-14(2)19(13)24)12-20-21-17-6-5-16(11-18(17)23(25)26)29(27,28)22-7-3-4-8-22/h5-6,9-12,21,24H,3-4,7-8H2,1-2H3/b20-12+. The second-order valence-corrected chi connectivity index (χ2v) is 8.86. The maximum absolute atomic E-state index is 12.6. The fraction of sp³-hybridized carbons (Fsp3) is 0.316. The van der Waals surface area contributed by atoms with E-state index in [1.807, 2.05) is 0 Å². The Morgan fingerprint density at radius 3 is 2.38 bits per heavy atom. The number of sulfonamides is 1. The molecule has 29 heavy (non-hydrogen) atoms. The minimum absolute atomic E-state index is 0.0823. The maximum Gasteiger partial charge on any atom is 0.295 e. The van der Waals surface area contributed by atoms with E-state index in [1.165, 1.54) is 22.7 Å². The van der Waals surface area contributed by atoms with Crippen LogP contribution in [0.2, 0.25) is 0 Å². The van der Waals surface area contributed by atoms with Gasteiger partial charge in [-0.15, -0.1) is 0 Å². The number of anilines is 1. The van der Waals surface area contributed by atoms with Gasteiger partial charge >= 0.3 is 0 Å². The lowest BCUT2D eigenvalue weighted by atomic mass is 10.1. The summed E-state index contributed by atoms with van der Waals surface area (Å²) >= 11 is 0. The van der Waals surface area contributed by atoms with E-state index in [0.29, 0.717) is 29.8 Å². The Balaban J connectivity index is 1.85. The monoisotopic (exact) mass is 418 g/mol. The summed E-state index contributed by atoms with van der Waals surface area (Å²) in [5, 5.41) is 25.3. The van der Waals surface area contributed by atoms with E-state index in [9.17, 15) is 23.6 Å². The lowest BCUT2D eigenvalue weighted by Crippen LogP contribution is -2.27. The van der Waals surface area contributed by atoms with Crippen LogP contribution in [0, 0.1) is 24.0 Å². The van der Waals surface area contributed by atoms with Crippen molar-refractivity contribution in [3.05, 3.63) is 57.1 Å². The lowest BCUT2D eigenvalue weighted by Gasteiger charge is -2.15. The van der Waals surface area contributed by atoms with Gasteiger partial charge < -0.3 is 5.11 Å². The molecule has 0 amide bonds. The first-order chi connectivity index (χ1) is 13.7. The van der Waals surface area contributed by atoms with Crippen molar-refractivity contribution in [2.45, 2.75) is 31.6 Å². The zero-order valence-electron chi connectivity index (χ0n) is 16.1. The number of phenolic OH excluding ortho intramolecular Hbond substituents is 1. The molecule has 1 heterocycles. The molecule has 2 N–H and O–H groups in total. The van der Waals surface area contributed by atoms with Crippen molar-refractivity contribution in [2.75, 3.05) is 18.5 Å². The first kappa shape index (κ1) is 20.7. The topological polar surface area (TPSA) is 125 Å². The Bertz CT molecular complexity index is 1050. The highest BCUT2D eigenvalue weighted by Crippen LogP contribution is 2.30. The maximum atomic E-state index is 12.6. The number of hydrazone groups is 1. The molecule has 1 fully saturated rings. The number of phenols is 1. The number of nitro benzene ring substituents is 1. The Kier molecular flexibility index (Phi) is 5.85. The molecule has 1 saturated heterocycles. The highest BCUT2D eigenvalue weighted by Gasteiger charge is 2.29. The molecule has 9 nitrogen and oxygen atoms in total. The van der Waals surface area contributed by atoms with Crippen molar-refractivity contribution in [1.82, 2.24) is 4.31 Å². The molecule has 0 unspecified atom stereocenters. The summed E-state index contributed by atoms with van der Waals surface area (Å²) in [6, 6.07) is 7.20. The molecule has 2 aromatic rings. The number of nitrogens with zero attached hydrogens (tertiary/aromatic N) is 3. The number of nitrogens with one attached hydrogen (secondary N) is 1. The fourth-order valence-corrected chi connectivity index (χ4v) is 4.77. The molecule has 2 aromatic carbocycles. The van der Waals surface area contributed by atoms with Gasteiger partial charge in [-0.3, -0.25) is 15.5 Å². The van der Waals surface area contributed by atoms with E-state index >= 15 is 0 Å². The van der Waals surface area contributed by atoms with Gasteiger partial charge in [-0.25, -0.2) is 8.42 Å². The van der Waals surface area contributed by atoms with Gasteiger partial charge in [0.25, 0.3) is 5.69 Å².